The highest BCUT2D eigenvalue weighted by Gasteiger charge is 2.24. The molecule has 1 fully saturated rings. The molecule has 0 radical (unpaired) electrons. The first-order chi connectivity index (χ1) is 13.2. The Kier molecular flexibility index (Phi) is 5.58. The van der Waals surface area contributed by atoms with Crippen molar-refractivity contribution in [2.45, 2.75) is 32.1 Å². The van der Waals surface area contributed by atoms with Gasteiger partial charge >= 0.3 is 0 Å². The molecule has 0 spiro atoms. The van der Waals surface area contributed by atoms with Crippen LogP contribution in [0.25, 0.3) is 5.57 Å². The second-order valence-corrected chi connectivity index (χ2v) is 8.22. The van der Waals surface area contributed by atoms with E-state index in [-0.39, 0.29) is 5.78 Å². The lowest BCUT2D eigenvalue weighted by molar-refractivity contribution is 0.104. The fraction of sp³-hybridized carbons (Fsp3) is 0.292. The number of carbonyl (C=O) groups excluding carboxylic acids is 1. The van der Waals surface area contributed by atoms with Crippen molar-refractivity contribution in [2.75, 3.05) is 13.1 Å². The molecule has 0 N–H and O–H groups in total. The number of halogens is 1. The molecule has 1 aliphatic carbocycles. The second-order valence-electron chi connectivity index (χ2n) is 7.30. The van der Waals surface area contributed by atoms with Crippen molar-refractivity contribution >= 4 is 27.3 Å². The van der Waals surface area contributed by atoms with Crippen molar-refractivity contribution in [1.82, 2.24) is 4.90 Å². The highest BCUT2D eigenvalue weighted by molar-refractivity contribution is 9.10. The van der Waals surface area contributed by atoms with Crippen LogP contribution in [-0.4, -0.2) is 23.8 Å². The van der Waals surface area contributed by atoms with Crippen molar-refractivity contribution < 1.29 is 4.79 Å². The van der Waals surface area contributed by atoms with Gasteiger partial charge in [-0.1, -0.05) is 53.0 Å². The topological polar surface area (TPSA) is 20.3 Å². The normalized spacial score (nSPS) is 17.3. The molecule has 1 heterocycles. The minimum atomic E-state index is 0.0506. The van der Waals surface area contributed by atoms with E-state index in [2.05, 4.69) is 45.1 Å². The number of carbonyl (C=O) groups is 1. The molecular formula is C24H24BrNO. The largest absolute Gasteiger partial charge is 0.374 e. The SMILES string of the molecule is O=C(C=CC1=C(N2CCCCCC2)Cc2ccccc21)c1ccc(Br)cc1. The Hall–Kier alpha value is -2.13. The van der Waals surface area contributed by atoms with Gasteiger partial charge in [-0.15, -0.1) is 0 Å². The van der Waals surface area contributed by atoms with Crippen LogP contribution in [0.3, 0.4) is 0 Å². The summed E-state index contributed by atoms with van der Waals surface area (Å²) in [5, 5.41) is 0. The molecule has 2 nitrogen and oxygen atoms in total. The smallest absolute Gasteiger partial charge is 0.185 e. The Morgan fingerprint density at radius 3 is 2.37 bits per heavy atom. The van der Waals surface area contributed by atoms with Crippen molar-refractivity contribution in [2.24, 2.45) is 0 Å². The number of benzene rings is 2. The molecule has 2 aliphatic rings. The van der Waals surface area contributed by atoms with Crippen LogP contribution in [0.1, 0.15) is 47.2 Å². The van der Waals surface area contributed by atoms with E-state index in [9.17, 15) is 4.79 Å². The zero-order valence-electron chi connectivity index (χ0n) is 15.5. The number of nitrogens with zero attached hydrogens (tertiary/aromatic N) is 1. The van der Waals surface area contributed by atoms with Gasteiger partial charge in [0.05, 0.1) is 0 Å². The molecule has 0 saturated carbocycles. The van der Waals surface area contributed by atoms with E-state index in [1.807, 2.05) is 30.3 Å². The summed E-state index contributed by atoms with van der Waals surface area (Å²) in [5.74, 6) is 0.0506. The monoisotopic (exact) mass is 421 g/mol. The van der Waals surface area contributed by atoms with Gasteiger partial charge < -0.3 is 4.90 Å². The number of hydrogen-bond donors (Lipinski definition) is 0. The van der Waals surface area contributed by atoms with E-state index in [4.69, 9.17) is 0 Å². The van der Waals surface area contributed by atoms with Gasteiger partial charge in [0.2, 0.25) is 0 Å². The van der Waals surface area contributed by atoms with Crippen LogP contribution in [-0.2, 0) is 6.42 Å². The van der Waals surface area contributed by atoms with Crippen molar-refractivity contribution in [3.05, 3.63) is 87.5 Å². The van der Waals surface area contributed by atoms with Crippen LogP contribution in [0.15, 0.2) is 70.9 Å². The molecule has 0 amide bonds. The number of hydrogen-bond acceptors (Lipinski definition) is 2. The van der Waals surface area contributed by atoms with Crippen molar-refractivity contribution in [3.8, 4) is 0 Å². The minimum absolute atomic E-state index is 0.0506. The third kappa shape index (κ3) is 4.08. The zero-order chi connectivity index (χ0) is 18.6. The summed E-state index contributed by atoms with van der Waals surface area (Å²) in [5.41, 5.74) is 5.97. The molecule has 1 saturated heterocycles. The fourth-order valence-corrected chi connectivity index (χ4v) is 4.31. The third-order valence-electron chi connectivity index (χ3n) is 5.49. The zero-order valence-corrected chi connectivity index (χ0v) is 17.0. The molecule has 2 aromatic carbocycles. The molecular weight excluding hydrogens is 398 g/mol. The van der Waals surface area contributed by atoms with Crippen LogP contribution >= 0.6 is 15.9 Å². The summed E-state index contributed by atoms with van der Waals surface area (Å²) in [6, 6.07) is 16.1. The van der Waals surface area contributed by atoms with Crippen molar-refractivity contribution in [3.63, 3.8) is 0 Å². The average Bonchev–Trinajstić information content (AvgIpc) is 2.86. The minimum Gasteiger partial charge on any atom is -0.374 e. The Morgan fingerprint density at radius 1 is 0.926 bits per heavy atom. The lowest BCUT2D eigenvalue weighted by Gasteiger charge is -2.25. The summed E-state index contributed by atoms with van der Waals surface area (Å²) < 4.78 is 0.985. The number of allylic oxidation sites excluding steroid dienone is 4. The van der Waals surface area contributed by atoms with Crippen LogP contribution in [0.2, 0.25) is 0 Å². The maximum atomic E-state index is 12.6. The van der Waals surface area contributed by atoms with Gasteiger partial charge in [-0.3, -0.25) is 4.79 Å². The van der Waals surface area contributed by atoms with Gasteiger partial charge in [0, 0.05) is 40.8 Å². The van der Waals surface area contributed by atoms with Crippen LogP contribution in [0.5, 0.6) is 0 Å². The van der Waals surface area contributed by atoms with Gasteiger partial charge in [0.25, 0.3) is 0 Å². The van der Waals surface area contributed by atoms with E-state index < -0.39 is 0 Å². The van der Waals surface area contributed by atoms with Crippen LogP contribution in [0.4, 0.5) is 0 Å². The van der Waals surface area contributed by atoms with Gasteiger partial charge in [0.15, 0.2) is 5.78 Å². The Morgan fingerprint density at radius 2 is 1.63 bits per heavy atom. The lowest BCUT2D eigenvalue weighted by Crippen LogP contribution is -2.24. The van der Waals surface area contributed by atoms with E-state index in [1.54, 1.807) is 6.08 Å². The summed E-state index contributed by atoms with van der Waals surface area (Å²) in [6.07, 6.45) is 9.91. The Bertz CT molecular complexity index is 887. The summed E-state index contributed by atoms with van der Waals surface area (Å²) in [6.45, 7) is 2.25. The summed E-state index contributed by atoms with van der Waals surface area (Å²) >= 11 is 3.42. The van der Waals surface area contributed by atoms with E-state index >= 15 is 0 Å². The molecule has 3 heteroatoms. The first-order valence-corrected chi connectivity index (χ1v) is 10.6. The highest BCUT2D eigenvalue weighted by Crippen LogP contribution is 2.36. The Balaban J connectivity index is 1.65. The molecule has 4 rings (SSSR count). The first kappa shape index (κ1) is 18.2. The number of ketones is 1. The molecule has 0 unspecified atom stereocenters. The molecule has 0 bridgehead atoms. The van der Waals surface area contributed by atoms with Gasteiger partial charge in [-0.2, -0.15) is 0 Å². The maximum Gasteiger partial charge on any atom is 0.185 e. The quantitative estimate of drug-likeness (QED) is 0.443. The lowest BCUT2D eigenvalue weighted by atomic mass is 10.0. The molecule has 27 heavy (non-hydrogen) atoms. The summed E-state index contributed by atoms with van der Waals surface area (Å²) in [4.78, 5) is 15.2. The summed E-state index contributed by atoms with van der Waals surface area (Å²) in [7, 11) is 0. The third-order valence-corrected chi connectivity index (χ3v) is 6.02. The maximum absolute atomic E-state index is 12.6. The standard InChI is InChI=1S/C24H24BrNO/c25-20-11-9-18(10-12-20)24(27)14-13-22-21-8-4-3-7-19(21)17-23(22)26-15-5-1-2-6-16-26/h3-4,7-14H,1-2,5-6,15-17H2. The molecule has 1 aliphatic heterocycles. The number of fused-ring (bicyclic) bond motifs is 1. The number of rotatable bonds is 4. The van der Waals surface area contributed by atoms with Gasteiger partial charge in [0.1, 0.15) is 0 Å². The second kappa shape index (κ2) is 8.26. The molecule has 2 aromatic rings. The van der Waals surface area contributed by atoms with Gasteiger partial charge in [-0.25, -0.2) is 0 Å². The van der Waals surface area contributed by atoms with Crippen LogP contribution < -0.4 is 0 Å². The molecule has 138 valence electrons. The highest BCUT2D eigenvalue weighted by atomic mass is 79.9. The average molecular weight is 422 g/mol. The van der Waals surface area contributed by atoms with E-state index in [0.717, 1.165) is 29.5 Å². The molecule has 0 aromatic heterocycles. The predicted octanol–water partition coefficient (Wildman–Crippen LogP) is 6.03. The Labute approximate surface area is 169 Å². The van der Waals surface area contributed by atoms with Crippen molar-refractivity contribution in [1.29, 1.82) is 0 Å². The number of likely N-dealkylation sites (tertiary alicyclic amines) is 1. The van der Waals surface area contributed by atoms with E-state index in [1.165, 1.54) is 48.1 Å². The fourth-order valence-electron chi connectivity index (χ4n) is 4.05. The van der Waals surface area contributed by atoms with E-state index in [0.29, 0.717) is 0 Å². The predicted molar refractivity (Wildman–Crippen MR) is 115 cm³/mol. The van der Waals surface area contributed by atoms with Crippen LogP contribution in [0, 0.1) is 0 Å². The van der Waals surface area contributed by atoms with Gasteiger partial charge in [-0.05, 0) is 60.4 Å². The molecule has 0 atom stereocenters. The first-order valence-electron chi connectivity index (χ1n) is 9.77.